The molecule has 140 valence electrons. The molecule has 0 N–H and O–H groups in total. The minimum Gasteiger partial charge on any atom is -0.447 e. The number of carbonyl (C=O) groups is 1. The van der Waals surface area contributed by atoms with Gasteiger partial charge in [0.25, 0.3) is 10.0 Å². The second-order valence-electron chi connectivity index (χ2n) is 6.57. The lowest BCUT2D eigenvalue weighted by Crippen LogP contribution is -2.61. The SMILES string of the molecule is CCC12COC(=O)N1CCN(S(=O)(=O)c1ccc(-c3cc(C)no3)s1)C2. The topological polar surface area (TPSA) is 93.0 Å². The van der Waals surface area contributed by atoms with Gasteiger partial charge in [0.05, 0.1) is 16.1 Å². The fourth-order valence-electron chi connectivity index (χ4n) is 3.43. The predicted molar refractivity (Wildman–Crippen MR) is 94.4 cm³/mol. The van der Waals surface area contributed by atoms with Crippen molar-refractivity contribution in [3.8, 4) is 10.6 Å². The largest absolute Gasteiger partial charge is 0.447 e. The number of rotatable bonds is 4. The molecule has 2 aliphatic heterocycles. The summed E-state index contributed by atoms with van der Waals surface area (Å²) in [7, 11) is -3.65. The lowest BCUT2D eigenvalue weighted by molar-refractivity contribution is 0.0886. The first-order valence-corrected chi connectivity index (χ1v) is 10.6. The van der Waals surface area contributed by atoms with Gasteiger partial charge >= 0.3 is 6.09 Å². The highest BCUT2D eigenvalue weighted by atomic mass is 32.2. The minimum atomic E-state index is -3.65. The third-order valence-electron chi connectivity index (χ3n) is 5.01. The number of hydrogen-bond acceptors (Lipinski definition) is 7. The monoisotopic (exact) mass is 397 g/mol. The van der Waals surface area contributed by atoms with E-state index in [2.05, 4.69) is 5.16 Å². The maximum Gasteiger partial charge on any atom is 0.410 e. The number of fused-ring (bicyclic) bond motifs is 1. The molecular formula is C16H19N3O5S2. The molecule has 4 heterocycles. The van der Waals surface area contributed by atoms with E-state index in [0.29, 0.717) is 23.6 Å². The highest BCUT2D eigenvalue weighted by Crippen LogP contribution is 2.37. The summed E-state index contributed by atoms with van der Waals surface area (Å²) >= 11 is 1.16. The zero-order valence-corrected chi connectivity index (χ0v) is 16.1. The third-order valence-corrected chi connectivity index (χ3v) is 8.42. The Labute approximate surface area is 155 Å². The standard InChI is InChI=1S/C16H19N3O5S2/c1-3-16-9-18(6-7-19(16)15(20)23-10-16)26(21,22)14-5-4-13(25-14)12-8-11(2)17-24-12/h4-5,8H,3,6-7,9-10H2,1-2H3. The number of nitrogens with zero attached hydrogens (tertiary/aromatic N) is 3. The molecule has 2 fully saturated rings. The zero-order chi connectivity index (χ0) is 18.5. The van der Waals surface area contributed by atoms with Gasteiger partial charge in [0.2, 0.25) is 0 Å². The molecule has 1 amide bonds. The molecule has 0 aromatic carbocycles. The van der Waals surface area contributed by atoms with Crippen LogP contribution in [0.25, 0.3) is 10.6 Å². The fraction of sp³-hybridized carbons (Fsp3) is 0.500. The number of sulfonamides is 1. The zero-order valence-electron chi connectivity index (χ0n) is 14.5. The predicted octanol–water partition coefficient (Wildman–Crippen LogP) is 2.32. The highest BCUT2D eigenvalue weighted by molar-refractivity contribution is 7.91. The fourth-order valence-corrected chi connectivity index (χ4v) is 6.35. The van der Waals surface area contributed by atoms with Crippen molar-refractivity contribution < 1.29 is 22.5 Å². The third kappa shape index (κ3) is 2.63. The molecule has 1 unspecified atom stereocenters. The smallest absolute Gasteiger partial charge is 0.410 e. The maximum absolute atomic E-state index is 13.1. The summed E-state index contributed by atoms with van der Waals surface area (Å²) < 4.78 is 38.3. The molecular weight excluding hydrogens is 378 g/mol. The molecule has 0 saturated carbocycles. The lowest BCUT2D eigenvalue weighted by atomic mass is 9.94. The van der Waals surface area contributed by atoms with Gasteiger partial charge in [-0.15, -0.1) is 11.3 Å². The summed E-state index contributed by atoms with van der Waals surface area (Å²) in [5, 5.41) is 3.84. The second kappa shape index (κ2) is 6.07. The molecule has 1 atom stereocenters. The van der Waals surface area contributed by atoms with Gasteiger partial charge in [0, 0.05) is 25.7 Å². The summed E-state index contributed by atoms with van der Waals surface area (Å²) in [4.78, 5) is 14.3. The van der Waals surface area contributed by atoms with E-state index in [1.807, 2.05) is 13.8 Å². The number of piperazine rings is 1. The van der Waals surface area contributed by atoms with E-state index in [0.717, 1.165) is 17.0 Å². The second-order valence-corrected chi connectivity index (χ2v) is 9.82. The van der Waals surface area contributed by atoms with Crippen molar-refractivity contribution in [2.75, 3.05) is 26.2 Å². The van der Waals surface area contributed by atoms with E-state index >= 15 is 0 Å². The summed E-state index contributed by atoms with van der Waals surface area (Å²) in [6, 6.07) is 5.09. The van der Waals surface area contributed by atoms with E-state index in [4.69, 9.17) is 9.26 Å². The number of hydrogen-bond donors (Lipinski definition) is 0. The van der Waals surface area contributed by atoms with E-state index in [1.165, 1.54) is 4.31 Å². The lowest BCUT2D eigenvalue weighted by Gasteiger charge is -2.43. The average Bonchev–Trinajstić information content (AvgIpc) is 3.34. The van der Waals surface area contributed by atoms with Crippen LogP contribution >= 0.6 is 11.3 Å². The van der Waals surface area contributed by atoms with Crippen LogP contribution in [0.3, 0.4) is 0 Å². The van der Waals surface area contributed by atoms with Crippen LogP contribution in [0.15, 0.2) is 26.9 Å². The number of thiophene rings is 1. The van der Waals surface area contributed by atoms with Crippen molar-refractivity contribution in [2.45, 2.75) is 30.0 Å². The van der Waals surface area contributed by atoms with Crippen LogP contribution in [0.2, 0.25) is 0 Å². The Balaban J connectivity index is 1.61. The number of carbonyl (C=O) groups excluding carboxylic acids is 1. The first-order chi connectivity index (χ1) is 12.4. The van der Waals surface area contributed by atoms with Gasteiger partial charge in [-0.25, -0.2) is 13.2 Å². The van der Waals surface area contributed by atoms with Crippen molar-refractivity contribution in [2.24, 2.45) is 0 Å². The van der Waals surface area contributed by atoms with Crippen LogP contribution in [-0.4, -0.2) is 60.7 Å². The van der Waals surface area contributed by atoms with Crippen LogP contribution in [0.4, 0.5) is 4.79 Å². The number of aryl methyl sites for hydroxylation is 1. The molecule has 2 aliphatic rings. The van der Waals surface area contributed by atoms with Crippen molar-refractivity contribution >= 4 is 27.5 Å². The first kappa shape index (κ1) is 17.5. The first-order valence-electron chi connectivity index (χ1n) is 8.34. The molecule has 0 bridgehead atoms. The summed E-state index contributed by atoms with van der Waals surface area (Å²) in [6.07, 6.45) is 0.278. The van der Waals surface area contributed by atoms with Crippen molar-refractivity contribution in [3.05, 3.63) is 23.9 Å². The molecule has 26 heavy (non-hydrogen) atoms. The molecule has 2 aromatic heterocycles. The molecule has 0 spiro atoms. The Bertz CT molecular complexity index is 951. The van der Waals surface area contributed by atoms with Crippen molar-refractivity contribution in [1.29, 1.82) is 0 Å². The van der Waals surface area contributed by atoms with Crippen LogP contribution in [-0.2, 0) is 14.8 Å². The minimum absolute atomic E-state index is 0.224. The Kier molecular flexibility index (Phi) is 4.08. The molecule has 8 nitrogen and oxygen atoms in total. The number of aromatic nitrogens is 1. The van der Waals surface area contributed by atoms with Gasteiger partial charge < -0.3 is 9.26 Å². The Morgan fingerprint density at radius 1 is 1.35 bits per heavy atom. The van der Waals surface area contributed by atoms with Crippen molar-refractivity contribution in [3.63, 3.8) is 0 Å². The summed E-state index contributed by atoms with van der Waals surface area (Å²) in [5.41, 5.74) is 0.162. The van der Waals surface area contributed by atoms with E-state index in [1.54, 1.807) is 23.1 Å². The quantitative estimate of drug-likeness (QED) is 0.786. The molecule has 4 rings (SSSR count). The van der Waals surface area contributed by atoms with Gasteiger partial charge in [-0.05, 0) is 25.5 Å². The van der Waals surface area contributed by atoms with Crippen LogP contribution in [0.1, 0.15) is 19.0 Å². The maximum atomic E-state index is 13.1. The summed E-state index contributed by atoms with van der Waals surface area (Å²) in [6.45, 7) is 4.82. The number of cyclic esters (lactones) is 1. The van der Waals surface area contributed by atoms with E-state index < -0.39 is 15.6 Å². The van der Waals surface area contributed by atoms with E-state index in [-0.39, 0.29) is 30.0 Å². The van der Waals surface area contributed by atoms with Gasteiger partial charge in [-0.2, -0.15) is 4.31 Å². The molecule has 0 radical (unpaired) electrons. The van der Waals surface area contributed by atoms with Crippen molar-refractivity contribution in [1.82, 2.24) is 14.4 Å². The van der Waals surface area contributed by atoms with Gasteiger partial charge in [-0.3, -0.25) is 4.90 Å². The van der Waals surface area contributed by atoms with Gasteiger partial charge in [0.1, 0.15) is 10.8 Å². The molecule has 2 saturated heterocycles. The normalized spacial score (nSPS) is 23.9. The average molecular weight is 397 g/mol. The van der Waals surface area contributed by atoms with Crippen LogP contribution in [0, 0.1) is 6.92 Å². The van der Waals surface area contributed by atoms with Gasteiger partial charge in [0.15, 0.2) is 5.76 Å². The van der Waals surface area contributed by atoms with E-state index in [9.17, 15) is 13.2 Å². The molecule has 2 aromatic rings. The summed E-state index contributed by atoms with van der Waals surface area (Å²) in [5.74, 6) is 0.554. The molecule has 0 aliphatic carbocycles. The van der Waals surface area contributed by atoms with Gasteiger partial charge in [-0.1, -0.05) is 12.1 Å². The van der Waals surface area contributed by atoms with Crippen LogP contribution < -0.4 is 0 Å². The number of amides is 1. The molecule has 10 heteroatoms. The Morgan fingerprint density at radius 2 is 2.15 bits per heavy atom. The Morgan fingerprint density at radius 3 is 2.85 bits per heavy atom. The number of ether oxygens (including phenoxy) is 1. The van der Waals surface area contributed by atoms with Crippen LogP contribution in [0.5, 0.6) is 0 Å². The highest BCUT2D eigenvalue weighted by Gasteiger charge is 2.51. The Hall–Kier alpha value is -1.91.